The van der Waals surface area contributed by atoms with Crippen molar-refractivity contribution in [2.24, 2.45) is 0 Å². The first-order valence-corrected chi connectivity index (χ1v) is 11.9. The zero-order valence-electron chi connectivity index (χ0n) is 19.2. The molecule has 0 radical (unpaired) electrons. The summed E-state index contributed by atoms with van der Waals surface area (Å²) in [5, 5.41) is 28.3. The Labute approximate surface area is 196 Å². The van der Waals surface area contributed by atoms with Gasteiger partial charge in [0.05, 0.1) is 23.0 Å². The summed E-state index contributed by atoms with van der Waals surface area (Å²) in [6, 6.07) is 7.61. The predicted octanol–water partition coefficient (Wildman–Crippen LogP) is 3.10. The van der Waals surface area contributed by atoms with Gasteiger partial charge in [0.1, 0.15) is 18.0 Å². The van der Waals surface area contributed by atoms with Crippen LogP contribution in [0, 0.1) is 6.92 Å². The Morgan fingerprint density at radius 3 is 2.73 bits per heavy atom. The fourth-order valence-electron chi connectivity index (χ4n) is 5.26. The highest BCUT2D eigenvalue weighted by atomic mass is 32.1. The molecule has 2 fully saturated rings. The van der Waals surface area contributed by atoms with Crippen molar-refractivity contribution in [3.8, 4) is 27.2 Å². The van der Waals surface area contributed by atoms with Crippen molar-refractivity contribution in [1.29, 1.82) is 0 Å². The van der Waals surface area contributed by atoms with Crippen LogP contribution < -0.4 is 10.1 Å². The molecule has 4 heterocycles. The van der Waals surface area contributed by atoms with Gasteiger partial charge in [0.2, 0.25) is 0 Å². The van der Waals surface area contributed by atoms with Crippen LogP contribution in [0.25, 0.3) is 16.3 Å². The molecule has 0 spiro atoms. The minimum Gasteiger partial charge on any atom is -0.507 e. The van der Waals surface area contributed by atoms with E-state index < -0.39 is 0 Å². The number of nitrogens with one attached hydrogen (secondary N) is 1. The predicted molar refractivity (Wildman–Crippen MR) is 124 cm³/mol. The summed E-state index contributed by atoms with van der Waals surface area (Å²) in [6.07, 6.45) is 4.39. The summed E-state index contributed by atoms with van der Waals surface area (Å²) in [6.45, 7) is 4.09. The highest BCUT2D eigenvalue weighted by molar-refractivity contribution is 7.16. The topological polar surface area (TPSA) is 104 Å². The van der Waals surface area contributed by atoms with E-state index in [1.165, 1.54) is 11.3 Å². The number of aryl methyl sites for hydroxylation is 1. The molecule has 5 rings (SSSR count). The average Bonchev–Trinajstić information content (AvgIpc) is 3.41. The molecule has 2 saturated heterocycles. The van der Waals surface area contributed by atoms with Gasteiger partial charge in [-0.2, -0.15) is 5.10 Å². The maximum Gasteiger partial charge on any atom is 0.294 e. The van der Waals surface area contributed by atoms with E-state index in [0.717, 1.165) is 30.6 Å². The molecule has 2 aliphatic heterocycles. The Morgan fingerprint density at radius 1 is 1.18 bits per heavy atom. The Balaban J connectivity index is 1.31. The van der Waals surface area contributed by atoms with E-state index >= 15 is 0 Å². The molecule has 9 nitrogen and oxygen atoms in total. The summed E-state index contributed by atoms with van der Waals surface area (Å²) >= 11 is 1.33. The number of fused-ring (bicyclic) bond motifs is 2. The minimum absolute atomic E-state index is 0.00321. The Hall–Kier alpha value is -2.53. The second-order valence-corrected chi connectivity index (χ2v) is 10.0. The molecule has 2 bridgehead atoms. The van der Waals surface area contributed by atoms with Gasteiger partial charge in [-0.3, -0.25) is 0 Å². The van der Waals surface area contributed by atoms with Crippen molar-refractivity contribution in [2.45, 2.75) is 63.0 Å². The van der Waals surface area contributed by atoms with E-state index in [2.05, 4.69) is 27.5 Å². The zero-order valence-corrected chi connectivity index (χ0v) is 20.0. The lowest BCUT2D eigenvalue weighted by Gasteiger charge is -2.53. The summed E-state index contributed by atoms with van der Waals surface area (Å²) in [4.78, 5) is 0. The standard InChI is InChI=1S/C23H29N5O4S/c1-13-7-8-28(27-13)15-5-6-17(18(29)11-15)21-25-26-22(33-21)32-16-9-14-10-19(30-3)20(31-4)23(2,12-16)24-14/h5-8,11,14,16,19-20,24,29H,9-10,12H2,1-4H3. The minimum atomic E-state index is -0.242. The van der Waals surface area contributed by atoms with Crippen molar-refractivity contribution in [1.82, 2.24) is 25.3 Å². The van der Waals surface area contributed by atoms with Crippen LogP contribution in [-0.2, 0) is 9.47 Å². The smallest absolute Gasteiger partial charge is 0.294 e. The van der Waals surface area contributed by atoms with E-state index in [1.807, 2.05) is 31.3 Å². The van der Waals surface area contributed by atoms with Crippen molar-refractivity contribution in [2.75, 3.05) is 14.2 Å². The van der Waals surface area contributed by atoms with Crippen molar-refractivity contribution >= 4 is 11.3 Å². The van der Waals surface area contributed by atoms with Gasteiger partial charge in [0.15, 0.2) is 5.01 Å². The molecule has 3 aromatic rings. The van der Waals surface area contributed by atoms with E-state index in [-0.39, 0.29) is 29.6 Å². The summed E-state index contributed by atoms with van der Waals surface area (Å²) in [5.41, 5.74) is 2.07. The Kier molecular flexibility index (Phi) is 5.86. The van der Waals surface area contributed by atoms with Gasteiger partial charge in [-0.1, -0.05) is 16.4 Å². The Morgan fingerprint density at radius 2 is 2.03 bits per heavy atom. The highest BCUT2D eigenvalue weighted by Gasteiger charge is 2.51. The fraction of sp³-hybridized carbons (Fsp3) is 0.522. The van der Waals surface area contributed by atoms with Gasteiger partial charge in [0.25, 0.3) is 5.19 Å². The number of ether oxygens (including phenoxy) is 3. The number of methoxy groups -OCH3 is 2. The number of hydrogen-bond acceptors (Lipinski definition) is 9. The molecule has 0 saturated carbocycles. The molecule has 2 aromatic heterocycles. The third-order valence-electron chi connectivity index (χ3n) is 6.64. The van der Waals surface area contributed by atoms with Gasteiger partial charge in [-0.25, -0.2) is 4.68 Å². The maximum absolute atomic E-state index is 10.6. The van der Waals surface area contributed by atoms with E-state index in [4.69, 9.17) is 14.2 Å². The van der Waals surface area contributed by atoms with Crippen LogP contribution in [0.15, 0.2) is 30.5 Å². The van der Waals surface area contributed by atoms with E-state index in [1.54, 1.807) is 25.0 Å². The molecule has 1 aromatic carbocycles. The molecule has 5 atom stereocenters. The number of rotatable bonds is 6. The molecule has 10 heteroatoms. The van der Waals surface area contributed by atoms with Gasteiger partial charge >= 0.3 is 0 Å². The number of benzene rings is 1. The summed E-state index contributed by atoms with van der Waals surface area (Å²) < 4.78 is 19.5. The number of piperidine rings is 2. The first-order valence-electron chi connectivity index (χ1n) is 11.1. The molecule has 2 N–H and O–H groups in total. The third-order valence-corrected chi connectivity index (χ3v) is 7.49. The van der Waals surface area contributed by atoms with Crippen LogP contribution in [0.1, 0.15) is 31.9 Å². The fourth-order valence-corrected chi connectivity index (χ4v) is 6.05. The third kappa shape index (κ3) is 4.23. The van der Waals surface area contributed by atoms with E-state index in [9.17, 15) is 5.11 Å². The number of nitrogens with zero attached hydrogens (tertiary/aromatic N) is 4. The number of phenols is 1. The lowest BCUT2D eigenvalue weighted by atomic mass is 9.73. The molecular weight excluding hydrogens is 442 g/mol. The normalized spacial score (nSPS) is 29.2. The molecule has 0 amide bonds. The molecule has 5 unspecified atom stereocenters. The SMILES string of the molecule is COC1CC2CC(Oc3nnc(-c4ccc(-n5ccc(C)n5)cc4O)s3)CC(C)(N2)C1OC. The largest absolute Gasteiger partial charge is 0.507 e. The molecule has 2 aliphatic rings. The van der Waals surface area contributed by atoms with Crippen LogP contribution >= 0.6 is 11.3 Å². The number of hydrogen-bond donors (Lipinski definition) is 2. The maximum atomic E-state index is 10.6. The molecule has 33 heavy (non-hydrogen) atoms. The van der Waals surface area contributed by atoms with Gasteiger partial charge in [0, 0.05) is 44.5 Å². The molecule has 0 aliphatic carbocycles. The quantitative estimate of drug-likeness (QED) is 0.565. The van der Waals surface area contributed by atoms with Crippen LogP contribution in [0.2, 0.25) is 0 Å². The van der Waals surface area contributed by atoms with Gasteiger partial charge < -0.3 is 24.6 Å². The lowest BCUT2D eigenvalue weighted by molar-refractivity contribution is -0.134. The molecular formula is C23H29N5O4S. The number of phenolic OH excluding ortho intramolecular Hbond substituents is 1. The summed E-state index contributed by atoms with van der Waals surface area (Å²) in [5.74, 6) is 0.126. The summed E-state index contributed by atoms with van der Waals surface area (Å²) in [7, 11) is 3.48. The van der Waals surface area contributed by atoms with Crippen molar-refractivity contribution in [3.63, 3.8) is 0 Å². The van der Waals surface area contributed by atoms with Crippen LogP contribution in [0.4, 0.5) is 0 Å². The second-order valence-electron chi connectivity index (χ2n) is 9.08. The van der Waals surface area contributed by atoms with Crippen LogP contribution in [0.5, 0.6) is 10.9 Å². The average molecular weight is 472 g/mol. The first-order chi connectivity index (χ1) is 15.9. The van der Waals surface area contributed by atoms with Crippen LogP contribution in [-0.4, -0.2) is 69.2 Å². The van der Waals surface area contributed by atoms with Crippen molar-refractivity contribution < 1.29 is 19.3 Å². The van der Waals surface area contributed by atoms with Gasteiger partial charge in [-0.05, 0) is 44.9 Å². The lowest BCUT2D eigenvalue weighted by Crippen LogP contribution is -2.70. The second kappa shape index (κ2) is 8.68. The highest BCUT2D eigenvalue weighted by Crippen LogP contribution is 2.40. The van der Waals surface area contributed by atoms with Crippen molar-refractivity contribution in [3.05, 3.63) is 36.2 Å². The zero-order chi connectivity index (χ0) is 23.2. The van der Waals surface area contributed by atoms with Gasteiger partial charge in [-0.15, -0.1) is 5.10 Å². The molecule has 176 valence electrons. The van der Waals surface area contributed by atoms with E-state index in [0.29, 0.717) is 21.8 Å². The Bertz CT molecular complexity index is 1130. The first kappa shape index (κ1) is 22.3. The van der Waals surface area contributed by atoms with Crippen LogP contribution in [0.3, 0.4) is 0 Å². The monoisotopic (exact) mass is 471 g/mol. The number of aromatic nitrogens is 4. The number of aromatic hydroxyl groups is 1.